The molecule has 3 aromatic heterocycles. The largest absolute Gasteiger partial charge is 0.335 e. The van der Waals surface area contributed by atoms with Crippen molar-refractivity contribution >= 4 is 11.6 Å². The molecule has 1 saturated heterocycles. The molecule has 1 aliphatic rings. The number of amides is 1. The van der Waals surface area contributed by atoms with E-state index in [1.54, 1.807) is 27.8 Å². The molecule has 27 heavy (non-hydrogen) atoms. The lowest BCUT2D eigenvalue weighted by Gasteiger charge is -2.34. The lowest BCUT2D eigenvalue weighted by molar-refractivity contribution is 0.0621. The number of aromatic nitrogens is 4. The smallest absolute Gasteiger partial charge is 0.274 e. The molecule has 8 nitrogen and oxygen atoms in total. The molecular weight excluding hydrogens is 344 g/mol. The molecule has 0 saturated carbocycles. The third-order valence-electron chi connectivity index (χ3n) is 4.69. The highest BCUT2D eigenvalue weighted by atomic mass is 16.2. The fourth-order valence-corrected chi connectivity index (χ4v) is 3.25. The van der Waals surface area contributed by atoms with Gasteiger partial charge in [-0.25, -0.2) is 9.97 Å². The summed E-state index contributed by atoms with van der Waals surface area (Å²) >= 11 is 0. The highest BCUT2D eigenvalue weighted by Gasteiger charge is 2.23. The average molecular weight is 364 g/mol. The summed E-state index contributed by atoms with van der Waals surface area (Å²) < 4.78 is 1.57. The zero-order valence-electron chi connectivity index (χ0n) is 15.1. The Morgan fingerprint density at radius 1 is 1.15 bits per heavy atom. The van der Waals surface area contributed by atoms with E-state index >= 15 is 0 Å². The Morgan fingerprint density at radius 3 is 2.70 bits per heavy atom. The number of carbonyl (C=O) groups is 1. The number of aryl methyl sites for hydroxylation is 1. The van der Waals surface area contributed by atoms with Gasteiger partial charge in [0.15, 0.2) is 0 Å². The first-order chi connectivity index (χ1) is 13.1. The van der Waals surface area contributed by atoms with E-state index in [0.29, 0.717) is 31.0 Å². The van der Waals surface area contributed by atoms with Gasteiger partial charge in [0.25, 0.3) is 11.5 Å². The Morgan fingerprint density at radius 2 is 1.96 bits per heavy atom. The van der Waals surface area contributed by atoms with Gasteiger partial charge in [0.05, 0.1) is 11.9 Å². The molecule has 0 aliphatic carbocycles. The number of fused-ring (bicyclic) bond motifs is 1. The van der Waals surface area contributed by atoms with Gasteiger partial charge in [-0.05, 0) is 18.6 Å². The van der Waals surface area contributed by atoms with Crippen molar-refractivity contribution in [1.29, 1.82) is 0 Å². The monoisotopic (exact) mass is 364 g/mol. The van der Waals surface area contributed by atoms with Crippen LogP contribution in [-0.2, 0) is 6.54 Å². The first-order valence-electron chi connectivity index (χ1n) is 8.87. The standard InChI is InChI=1S/C19H20N6O2/c1-14-2-3-17-22-15(10-18(26)25(17)12-14)13-23-6-8-24(9-7-23)19(27)16-11-20-4-5-21-16/h2-5,10-12H,6-9,13H2,1H3. The maximum atomic E-state index is 12.4. The van der Waals surface area contributed by atoms with Crippen molar-refractivity contribution in [2.45, 2.75) is 13.5 Å². The van der Waals surface area contributed by atoms with Crippen molar-refractivity contribution in [2.75, 3.05) is 26.2 Å². The van der Waals surface area contributed by atoms with Crippen LogP contribution in [0.2, 0.25) is 0 Å². The second-order valence-electron chi connectivity index (χ2n) is 6.68. The van der Waals surface area contributed by atoms with E-state index in [2.05, 4.69) is 19.9 Å². The third kappa shape index (κ3) is 3.70. The summed E-state index contributed by atoms with van der Waals surface area (Å²) in [6.07, 6.45) is 6.36. The first kappa shape index (κ1) is 17.3. The Bertz CT molecular complexity index is 1030. The topological polar surface area (TPSA) is 83.7 Å². The number of nitrogens with zero attached hydrogens (tertiary/aromatic N) is 6. The van der Waals surface area contributed by atoms with Crippen LogP contribution in [0.15, 0.2) is 47.8 Å². The Labute approximate surface area is 156 Å². The minimum Gasteiger partial charge on any atom is -0.335 e. The number of carbonyl (C=O) groups excluding carboxylic acids is 1. The number of hydrogen-bond acceptors (Lipinski definition) is 6. The molecule has 0 aromatic carbocycles. The van der Waals surface area contributed by atoms with Crippen molar-refractivity contribution in [3.8, 4) is 0 Å². The molecule has 1 aliphatic heterocycles. The van der Waals surface area contributed by atoms with Gasteiger partial charge >= 0.3 is 0 Å². The third-order valence-corrected chi connectivity index (χ3v) is 4.69. The summed E-state index contributed by atoms with van der Waals surface area (Å²) in [6.45, 7) is 5.21. The van der Waals surface area contributed by atoms with E-state index in [1.807, 2.05) is 19.1 Å². The Kier molecular flexibility index (Phi) is 4.64. The van der Waals surface area contributed by atoms with Crippen molar-refractivity contribution in [2.24, 2.45) is 0 Å². The van der Waals surface area contributed by atoms with Crippen LogP contribution in [0.4, 0.5) is 0 Å². The molecule has 0 unspecified atom stereocenters. The molecule has 8 heteroatoms. The number of rotatable bonds is 3. The van der Waals surface area contributed by atoms with Crippen molar-refractivity contribution < 1.29 is 4.79 Å². The number of pyridine rings is 1. The fraction of sp³-hybridized carbons (Fsp3) is 0.316. The molecule has 3 aromatic rings. The van der Waals surface area contributed by atoms with Gasteiger partial charge in [-0.3, -0.25) is 23.9 Å². The van der Waals surface area contributed by atoms with Gasteiger partial charge in [-0.2, -0.15) is 0 Å². The predicted octanol–water partition coefficient (Wildman–Crippen LogP) is 0.751. The molecule has 4 heterocycles. The van der Waals surface area contributed by atoms with Crippen LogP contribution in [0.1, 0.15) is 21.7 Å². The van der Waals surface area contributed by atoms with Gasteiger partial charge < -0.3 is 4.90 Å². The molecule has 1 amide bonds. The molecule has 4 rings (SSSR count). The number of hydrogen-bond donors (Lipinski definition) is 0. The summed E-state index contributed by atoms with van der Waals surface area (Å²) in [7, 11) is 0. The normalized spacial score (nSPS) is 15.2. The quantitative estimate of drug-likeness (QED) is 0.682. The van der Waals surface area contributed by atoms with Gasteiger partial charge in [0, 0.05) is 57.4 Å². The minimum atomic E-state index is -0.0970. The van der Waals surface area contributed by atoms with Crippen LogP contribution in [-0.4, -0.2) is 61.2 Å². The van der Waals surface area contributed by atoms with Crippen LogP contribution >= 0.6 is 0 Å². The second-order valence-corrected chi connectivity index (χ2v) is 6.68. The summed E-state index contributed by atoms with van der Waals surface area (Å²) in [5.41, 5.74) is 2.71. The molecule has 0 bridgehead atoms. The summed E-state index contributed by atoms with van der Waals surface area (Å²) in [6, 6.07) is 5.39. The van der Waals surface area contributed by atoms with Crippen LogP contribution in [0, 0.1) is 6.92 Å². The highest BCUT2D eigenvalue weighted by Crippen LogP contribution is 2.10. The molecule has 138 valence electrons. The Hall–Kier alpha value is -3.13. The van der Waals surface area contributed by atoms with Gasteiger partial charge in [-0.1, -0.05) is 6.07 Å². The molecule has 0 spiro atoms. The average Bonchev–Trinajstić information content (AvgIpc) is 2.69. The highest BCUT2D eigenvalue weighted by molar-refractivity contribution is 5.92. The minimum absolute atomic E-state index is 0.0739. The second kappa shape index (κ2) is 7.24. The van der Waals surface area contributed by atoms with E-state index in [-0.39, 0.29) is 11.5 Å². The lowest BCUT2D eigenvalue weighted by atomic mass is 10.2. The summed E-state index contributed by atoms with van der Waals surface area (Å²) in [4.78, 5) is 41.4. The van der Waals surface area contributed by atoms with E-state index in [9.17, 15) is 9.59 Å². The first-order valence-corrected chi connectivity index (χ1v) is 8.87. The van der Waals surface area contributed by atoms with Crippen molar-refractivity contribution in [3.63, 3.8) is 0 Å². The predicted molar refractivity (Wildman–Crippen MR) is 99.4 cm³/mol. The Balaban J connectivity index is 1.42. The SMILES string of the molecule is Cc1ccc2nc(CN3CCN(C(=O)c4cnccn4)CC3)cc(=O)n2c1. The lowest BCUT2D eigenvalue weighted by Crippen LogP contribution is -2.48. The van der Waals surface area contributed by atoms with E-state index in [0.717, 1.165) is 24.3 Å². The molecule has 0 N–H and O–H groups in total. The van der Waals surface area contributed by atoms with E-state index in [1.165, 1.54) is 12.4 Å². The zero-order valence-corrected chi connectivity index (χ0v) is 15.1. The molecule has 1 fully saturated rings. The number of piperazine rings is 1. The van der Waals surface area contributed by atoms with Gasteiger partial charge in [0.2, 0.25) is 0 Å². The van der Waals surface area contributed by atoms with Gasteiger partial charge in [0.1, 0.15) is 11.3 Å². The maximum Gasteiger partial charge on any atom is 0.274 e. The fourth-order valence-electron chi connectivity index (χ4n) is 3.25. The molecule has 0 atom stereocenters. The van der Waals surface area contributed by atoms with Crippen LogP contribution in [0.25, 0.3) is 5.65 Å². The van der Waals surface area contributed by atoms with Crippen LogP contribution in [0.5, 0.6) is 0 Å². The van der Waals surface area contributed by atoms with Gasteiger partial charge in [-0.15, -0.1) is 0 Å². The summed E-state index contributed by atoms with van der Waals surface area (Å²) in [5, 5.41) is 0. The van der Waals surface area contributed by atoms with Crippen molar-refractivity contribution in [1.82, 2.24) is 29.2 Å². The zero-order chi connectivity index (χ0) is 18.8. The van der Waals surface area contributed by atoms with Crippen LogP contribution < -0.4 is 5.56 Å². The molecular formula is C19H20N6O2. The van der Waals surface area contributed by atoms with Crippen molar-refractivity contribution in [3.05, 3.63) is 70.3 Å². The van der Waals surface area contributed by atoms with E-state index in [4.69, 9.17) is 0 Å². The molecule has 0 radical (unpaired) electrons. The van der Waals surface area contributed by atoms with E-state index < -0.39 is 0 Å². The maximum absolute atomic E-state index is 12.4. The van der Waals surface area contributed by atoms with Crippen LogP contribution in [0.3, 0.4) is 0 Å². The summed E-state index contributed by atoms with van der Waals surface area (Å²) in [5.74, 6) is -0.0970.